The third-order valence-electron chi connectivity index (χ3n) is 3.40. The molecule has 0 aliphatic carbocycles. The van der Waals surface area contributed by atoms with Crippen LogP contribution in [0.3, 0.4) is 0 Å². The average Bonchev–Trinajstić information content (AvgIpc) is 2.82. The van der Waals surface area contributed by atoms with Crippen LogP contribution in [-0.2, 0) is 17.8 Å². The van der Waals surface area contributed by atoms with Gasteiger partial charge in [0.1, 0.15) is 0 Å². The summed E-state index contributed by atoms with van der Waals surface area (Å²) in [4.78, 5) is 16.6. The first-order chi connectivity index (χ1) is 10.2. The highest BCUT2D eigenvalue weighted by atomic mass is 32.1. The van der Waals surface area contributed by atoms with Crippen LogP contribution in [0.4, 0.5) is 0 Å². The van der Waals surface area contributed by atoms with Crippen molar-refractivity contribution in [1.29, 1.82) is 0 Å². The van der Waals surface area contributed by atoms with E-state index in [4.69, 9.17) is 0 Å². The molecule has 0 fully saturated rings. The normalized spacial score (nSPS) is 12.0. The maximum absolute atomic E-state index is 11.6. The van der Waals surface area contributed by atoms with Crippen LogP contribution in [0.15, 0.2) is 35.8 Å². The van der Waals surface area contributed by atoms with Crippen molar-refractivity contribution in [3.8, 4) is 0 Å². The van der Waals surface area contributed by atoms with E-state index in [0.29, 0.717) is 13.0 Å². The number of hydrogen-bond donors (Lipinski definition) is 0. The molecule has 0 N–H and O–H groups in total. The SMILES string of the molecule is C=CCn1c(=NC(=O)CC)sc2cc(CCCC)ccc21. The summed E-state index contributed by atoms with van der Waals surface area (Å²) in [7, 11) is 0. The molecule has 0 aliphatic rings. The predicted octanol–water partition coefficient (Wildman–Crippen LogP) is 4.07. The molecule has 2 aromatic rings. The van der Waals surface area contributed by atoms with Gasteiger partial charge >= 0.3 is 0 Å². The predicted molar refractivity (Wildman–Crippen MR) is 89.5 cm³/mol. The first kappa shape index (κ1) is 15.7. The summed E-state index contributed by atoms with van der Waals surface area (Å²) in [6.07, 6.45) is 5.78. The second kappa shape index (κ2) is 7.36. The van der Waals surface area contributed by atoms with E-state index in [1.165, 1.54) is 23.1 Å². The smallest absolute Gasteiger partial charge is 0.248 e. The zero-order chi connectivity index (χ0) is 15.2. The minimum absolute atomic E-state index is 0.0782. The number of carbonyl (C=O) groups excluding carboxylic acids is 1. The van der Waals surface area contributed by atoms with E-state index in [0.717, 1.165) is 16.7 Å². The Morgan fingerprint density at radius 3 is 2.90 bits per heavy atom. The fourth-order valence-electron chi connectivity index (χ4n) is 2.23. The van der Waals surface area contributed by atoms with Crippen LogP contribution < -0.4 is 4.80 Å². The summed E-state index contributed by atoms with van der Waals surface area (Å²) in [6.45, 7) is 8.51. The molecule has 0 radical (unpaired) electrons. The number of rotatable bonds is 6. The van der Waals surface area contributed by atoms with Crippen molar-refractivity contribution < 1.29 is 4.79 Å². The highest BCUT2D eigenvalue weighted by Gasteiger charge is 2.07. The molecule has 112 valence electrons. The van der Waals surface area contributed by atoms with Gasteiger partial charge in [0.2, 0.25) is 5.91 Å². The van der Waals surface area contributed by atoms with E-state index in [1.54, 1.807) is 11.3 Å². The Morgan fingerprint density at radius 2 is 2.24 bits per heavy atom. The summed E-state index contributed by atoms with van der Waals surface area (Å²) >= 11 is 1.58. The van der Waals surface area contributed by atoms with E-state index >= 15 is 0 Å². The second-order valence-corrected chi connectivity index (χ2v) is 6.06. The molecule has 2 rings (SSSR count). The first-order valence-corrected chi connectivity index (χ1v) is 8.32. The van der Waals surface area contributed by atoms with E-state index in [1.807, 2.05) is 13.0 Å². The maximum atomic E-state index is 11.6. The van der Waals surface area contributed by atoms with Gasteiger partial charge < -0.3 is 4.57 Å². The van der Waals surface area contributed by atoms with Crippen molar-refractivity contribution in [2.75, 3.05) is 0 Å². The van der Waals surface area contributed by atoms with Gasteiger partial charge in [-0.15, -0.1) is 6.58 Å². The number of hydrogen-bond acceptors (Lipinski definition) is 2. The van der Waals surface area contributed by atoms with Gasteiger partial charge in [-0.2, -0.15) is 4.99 Å². The van der Waals surface area contributed by atoms with Gasteiger partial charge in [0, 0.05) is 13.0 Å². The highest BCUT2D eigenvalue weighted by Crippen LogP contribution is 2.20. The molecule has 1 amide bonds. The van der Waals surface area contributed by atoms with Gasteiger partial charge in [-0.25, -0.2) is 0 Å². The van der Waals surface area contributed by atoms with Crippen LogP contribution in [0, 0.1) is 0 Å². The Bertz CT molecular complexity index is 709. The average molecular weight is 302 g/mol. The van der Waals surface area contributed by atoms with Crippen LogP contribution >= 0.6 is 11.3 Å². The number of nitrogens with zero attached hydrogens (tertiary/aromatic N) is 2. The lowest BCUT2D eigenvalue weighted by Gasteiger charge is -2.03. The summed E-state index contributed by atoms with van der Waals surface area (Å²) in [5.74, 6) is -0.0782. The minimum Gasteiger partial charge on any atom is -0.313 e. The third kappa shape index (κ3) is 3.70. The van der Waals surface area contributed by atoms with Gasteiger partial charge in [0.25, 0.3) is 0 Å². The van der Waals surface area contributed by atoms with Crippen LogP contribution in [0.2, 0.25) is 0 Å². The number of fused-ring (bicyclic) bond motifs is 1. The van der Waals surface area contributed by atoms with Crippen molar-refractivity contribution in [2.45, 2.75) is 46.1 Å². The molecule has 0 spiro atoms. The van der Waals surface area contributed by atoms with Crippen LogP contribution in [0.25, 0.3) is 10.2 Å². The van der Waals surface area contributed by atoms with Gasteiger partial charge in [-0.3, -0.25) is 4.79 Å². The lowest BCUT2D eigenvalue weighted by atomic mass is 10.1. The topological polar surface area (TPSA) is 34.4 Å². The van der Waals surface area contributed by atoms with Gasteiger partial charge in [0.15, 0.2) is 4.80 Å². The van der Waals surface area contributed by atoms with Crippen molar-refractivity contribution in [3.05, 3.63) is 41.2 Å². The molecule has 1 aromatic carbocycles. The molecule has 0 saturated heterocycles. The zero-order valence-corrected chi connectivity index (χ0v) is 13.6. The van der Waals surface area contributed by atoms with Gasteiger partial charge in [-0.1, -0.05) is 43.7 Å². The minimum atomic E-state index is -0.0782. The molecule has 1 aromatic heterocycles. The van der Waals surface area contributed by atoms with E-state index in [2.05, 4.69) is 41.3 Å². The molecule has 0 atom stereocenters. The third-order valence-corrected chi connectivity index (χ3v) is 4.44. The largest absolute Gasteiger partial charge is 0.313 e. The van der Waals surface area contributed by atoms with Crippen LogP contribution in [0.1, 0.15) is 38.7 Å². The highest BCUT2D eigenvalue weighted by molar-refractivity contribution is 7.16. The Balaban J connectivity index is 2.53. The number of benzene rings is 1. The van der Waals surface area contributed by atoms with E-state index in [9.17, 15) is 4.79 Å². The zero-order valence-electron chi connectivity index (χ0n) is 12.8. The number of thiazole rings is 1. The van der Waals surface area contributed by atoms with Crippen molar-refractivity contribution in [1.82, 2.24) is 4.57 Å². The monoisotopic (exact) mass is 302 g/mol. The molecule has 4 heteroatoms. The second-order valence-electron chi connectivity index (χ2n) is 5.05. The number of aromatic nitrogens is 1. The molecule has 0 unspecified atom stereocenters. The molecule has 21 heavy (non-hydrogen) atoms. The molecular weight excluding hydrogens is 280 g/mol. The number of unbranched alkanes of at least 4 members (excludes halogenated alkanes) is 1. The van der Waals surface area contributed by atoms with Gasteiger partial charge in [0.05, 0.1) is 10.2 Å². The number of aryl methyl sites for hydroxylation is 1. The molecule has 3 nitrogen and oxygen atoms in total. The molecular formula is C17H22N2OS. The number of carbonyl (C=O) groups is 1. The maximum Gasteiger partial charge on any atom is 0.248 e. The summed E-state index contributed by atoms with van der Waals surface area (Å²) in [5, 5.41) is 0. The Labute approximate surface area is 129 Å². The molecule has 0 saturated carbocycles. The Kier molecular flexibility index (Phi) is 5.51. The summed E-state index contributed by atoms with van der Waals surface area (Å²) in [5.41, 5.74) is 2.48. The lowest BCUT2D eigenvalue weighted by Crippen LogP contribution is -2.15. The first-order valence-electron chi connectivity index (χ1n) is 7.50. The van der Waals surface area contributed by atoms with Crippen LogP contribution in [0.5, 0.6) is 0 Å². The lowest BCUT2D eigenvalue weighted by molar-refractivity contribution is -0.117. The summed E-state index contributed by atoms with van der Waals surface area (Å²) in [6, 6.07) is 6.54. The van der Waals surface area contributed by atoms with Gasteiger partial charge in [-0.05, 0) is 30.5 Å². The molecule has 0 bridgehead atoms. The number of allylic oxidation sites excluding steroid dienone is 1. The number of amides is 1. The molecule has 1 heterocycles. The Morgan fingerprint density at radius 1 is 1.43 bits per heavy atom. The van der Waals surface area contributed by atoms with Crippen molar-refractivity contribution in [2.24, 2.45) is 4.99 Å². The van der Waals surface area contributed by atoms with Crippen molar-refractivity contribution >= 4 is 27.5 Å². The van der Waals surface area contributed by atoms with E-state index in [-0.39, 0.29) is 5.91 Å². The summed E-state index contributed by atoms with van der Waals surface area (Å²) < 4.78 is 3.25. The Hall–Kier alpha value is -1.68. The van der Waals surface area contributed by atoms with E-state index < -0.39 is 0 Å². The quantitative estimate of drug-likeness (QED) is 0.741. The fraction of sp³-hybridized carbons (Fsp3) is 0.412. The fourth-order valence-corrected chi connectivity index (χ4v) is 3.35. The van der Waals surface area contributed by atoms with Crippen LogP contribution in [-0.4, -0.2) is 10.5 Å². The molecule has 0 aliphatic heterocycles. The standard InChI is InChI=1S/C17H22N2OS/c1-4-7-8-13-9-10-14-15(12-13)21-17(18-16(20)6-3)19(14)11-5-2/h5,9-10,12H,2,4,6-8,11H2,1,3H3. The van der Waals surface area contributed by atoms with Crippen molar-refractivity contribution in [3.63, 3.8) is 0 Å².